The van der Waals surface area contributed by atoms with Crippen LogP contribution in [0.25, 0.3) is 11.0 Å². The average molecular weight is 422 g/mol. The molecule has 1 heterocycles. The molecular weight excluding hydrogens is 398 g/mol. The molecule has 2 N–H and O–H groups in total. The van der Waals surface area contributed by atoms with Crippen molar-refractivity contribution in [2.75, 3.05) is 0 Å². The molecule has 29 heavy (non-hydrogen) atoms. The molecule has 1 aromatic carbocycles. The predicted molar refractivity (Wildman–Crippen MR) is 111 cm³/mol. The number of alkyl carbamates (subject to hydrolysis) is 1. The highest BCUT2D eigenvalue weighted by Gasteiger charge is 2.26. The van der Waals surface area contributed by atoms with E-state index in [0.29, 0.717) is 16.0 Å². The lowest BCUT2D eigenvalue weighted by molar-refractivity contribution is -0.124. The Balaban J connectivity index is 2.10. The van der Waals surface area contributed by atoms with Gasteiger partial charge in [-0.25, -0.2) is 10.2 Å². The standard InChI is InChI=1S/C20H24ClN3O5/c1-11(2)16(23-19(27)29-20(3,4)5)18(26)24-22-9-12-10-28-15-7-6-13(21)8-14(15)17(12)25/h6-11,16H,1-5H3,(H,23,27)(H,24,26)/t16-/m0/s1. The third kappa shape index (κ3) is 6.32. The number of rotatable bonds is 5. The summed E-state index contributed by atoms with van der Waals surface area (Å²) in [4.78, 5) is 36.8. The Morgan fingerprint density at radius 1 is 1.28 bits per heavy atom. The molecule has 1 atom stereocenters. The molecule has 0 aliphatic heterocycles. The van der Waals surface area contributed by atoms with Crippen molar-refractivity contribution in [1.82, 2.24) is 10.7 Å². The van der Waals surface area contributed by atoms with Gasteiger partial charge in [-0.15, -0.1) is 0 Å². The van der Waals surface area contributed by atoms with Crippen molar-refractivity contribution in [2.45, 2.75) is 46.3 Å². The summed E-state index contributed by atoms with van der Waals surface area (Å²) in [5.74, 6) is -0.763. The Hall–Kier alpha value is -2.87. The fraction of sp³-hybridized carbons (Fsp3) is 0.400. The van der Waals surface area contributed by atoms with Crippen LogP contribution in [0.4, 0.5) is 4.79 Å². The largest absolute Gasteiger partial charge is 0.463 e. The highest BCUT2D eigenvalue weighted by Crippen LogP contribution is 2.16. The van der Waals surface area contributed by atoms with Crippen molar-refractivity contribution in [3.63, 3.8) is 0 Å². The first kappa shape index (κ1) is 22.4. The molecule has 0 bridgehead atoms. The number of ether oxygens (including phenoxy) is 1. The van der Waals surface area contributed by atoms with Gasteiger partial charge in [0.1, 0.15) is 23.5 Å². The molecule has 9 heteroatoms. The molecule has 8 nitrogen and oxygen atoms in total. The molecule has 0 saturated carbocycles. The van der Waals surface area contributed by atoms with Gasteiger partial charge >= 0.3 is 6.09 Å². The Labute approximate surface area is 173 Å². The molecule has 2 aromatic rings. The molecule has 1 aromatic heterocycles. The molecular formula is C20H24ClN3O5. The van der Waals surface area contributed by atoms with Crippen molar-refractivity contribution in [2.24, 2.45) is 11.0 Å². The Bertz CT molecular complexity index is 992. The second-order valence-electron chi connectivity index (χ2n) is 7.76. The fourth-order valence-corrected chi connectivity index (χ4v) is 2.58. The number of hydrogen-bond acceptors (Lipinski definition) is 6. The topological polar surface area (TPSA) is 110 Å². The molecule has 0 aliphatic rings. The highest BCUT2D eigenvalue weighted by atomic mass is 35.5. The van der Waals surface area contributed by atoms with E-state index in [2.05, 4.69) is 15.8 Å². The SMILES string of the molecule is CC(C)[C@H](NC(=O)OC(C)(C)C)C(=O)NN=Cc1coc2ccc(Cl)cc2c1=O. The molecule has 0 fully saturated rings. The van der Waals surface area contributed by atoms with Gasteiger partial charge in [-0.3, -0.25) is 9.59 Å². The maximum Gasteiger partial charge on any atom is 0.408 e. The van der Waals surface area contributed by atoms with E-state index in [-0.39, 0.29) is 16.9 Å². The van der Waals surface area contributed by atoms with E-state index in [0.717, 1.165) is 0 Å². The number of nitrogens with zero attached hydrogens (tertiary/aromatic N) is 1. The van der Waals surface area contributed by atoms with E-state index in [9.17, 15) is 14.4 Å². The normalized spacial score (nSPS) is 12.9. The molecule has 156 valence electrons. The first-order chi connectivity index (χ1) is 13.5. The zero-order valence-corrected chi connectivity index (χ0v) is 17.7. The summed E-state index contributed by atoms with van der Waals surface area (Å²) in [5.41, 5.74) is 1.83. The third-order valence-corrected chi connectivity index (χ3v) is 4.00. The summed E-state index contributed by atoms with van der Waals surface area (Å²) in [5, 5.41) is 7.04. The van der Waals surface area contributed by atoms with Gasteiger partial charge < -0.3 is 14.5 Å². The first-order valence-electron chi connectivity index (χ1n) is 9.01. The lowest BCUT2D eigenvalue weighted by atomic mass is 10.0. The zero-order chi connectivity index (χ0) is 21.8. The summed E-state index contributed by atoms with van der Waals surface area (Å²) >= 11 is 5.92. The fourth-order valence-electron chi connectivity index (χ4n) is 2.41. The van der Waals surface area contributed by atoms with E-state index < -0.39 is 23.6 Å². The number of nitrogens with one attached hydrogen (secondary N) is 2. The van der Waals surface area contributed by atoms with Crippen LogP contribution in [-0.2, 0) is 9.53 Å². The quantitative estimate of drug-likeness (QED) is 0.567. The highest BCUT2D eigenvalue weighted by molar-refractivity contribution is 6.31. The lowest BCUT2D eigenvalue weighted by Crippen LogP contribution is -2.49. The second kappa shape index (κ2) is 9.09. The van der Waals surface area contributed by atoms with Gasteiger partial charge in [0.15, 0.2) is 0 Å². The summed E-state index contributed by atoms with van der Waals surface area (Å²) < 4.78 is 10.6. The van der Waals surface area contributed by atoms with Crippen LogP contribution in [0.5, 0.6) is 0 Å². The lowest BCUT2D eigenvalue weighted by Gasteiger charge is -2.24. The van der Waals surface area contributed by atoms with E-state index >= 15 is 0 Å². The van der Waals surface area contributed by atoms with E-state index in [1.807, 2.05) is 0 Å². The van der Waals surface area contributed by atoms with Gasteiger partial charge in [-0.1, -0.05) is 25.4 Å². The second-order valence-corrected chi connectivity index (χ2v) is 8.20. The van der Waals surface area contributed by atoms with Crippen LogP contribution >= 0.6 is 11.6 Å². The molecule has 0 saturated heterocycles. The Kier molecular flexibility index (Phi) is 7.02. The zero-order valence-electron chi connectivity index (χ0n) is 16.9. The number of amides is 2. The maximum atomic E-state index is 12.5. The average Bonchev–Trinajstić information content (AvgIpc) is 2.60. The number of fused-ring (bicyclic) bond motifs is 1. The Morgan fingerprint density at radius 3 is 2.59 bits per heavy atom. The van der Waals surface area contributed by atoms with Gasteiger partial charge in [-0.05, 0) is 44.9 Å². The molecule has 2 rings (SSSR count). The molecule has 0 radical (unpaired) electrons. The number of carbonyl (C=O) groups is 2. The van der Waals surface area contributed by atoms with Crippen LogP contribution in [0.1, 0.15) is 40.2 Å². The van der Waals surface area contributed by atoms with Gasteiger partial charge in [0.25, 0.3) is 5.91 Å². The van der Waals surface area contributed by atoms with Gasteiger partial charge in [0.05, 0.1) is 17.2 Å². The van der Waals surface area contributed by atoms with Crippen molar-refractivity contribution >= 4 is 40.8 Å². The van der Waals surface area contributed by atoms with Crippen LogP contribution < -0.4 is 16.2 Å². The number of hydrogen-bond donors (Lipinski definition) is 2. The van der Waals surface area contributed by atoms with Gasteiger partial charge in [-0.2, -0.15) is 5.10 Å². The molecule has 0 unspecified atom stereocenters. The van der Waals surface area contributed by atoms with Crippen molar-refractivity contribution in [3.05, 3.63) is 45.3 Å². The summed E-state index contributed by atoms with van der Waals surface area (Å²) in [6.45, 7) is 8.72. The minimum absolute atomic E-state index is 0.140. The monoisotopic (exact) mass is 421 g/mol. The summed E-state index contributed by atoms with van der Waals surface area (Å²) in [7, 11) is 0. The van der Waals surface area contributed by atoms with Crippen molar-refractivity contribution in [3.8, 4) is 0 Å². The molecule has 2 amide bonds. The van der Waals surface area contributed by atoms with Crippen LogP contribution in [0, 0.1) is 5.92 Å². The van der Waals surface area contributed by atoms with Gasteiger partial charge in [0.2, 0.25) is 5.43 Å². The number of benzene rings is 1. The Morgan fingerprint density at radius 2 is 1.97 bits per heavy atom. The van der Waals surface area contributed by atoms with Crippen LogP contribution in [0.15, 0.2) is 38.8 Å². The summed E-state index contributed by atoms with van der Waals surface area (Å²) in [6.07, 6.45) is 1.71. The minimum atomic E-state index is -0.867. The molecule has 0 spiro atoms. The first-order valence-corrected chi connectivity index (χ1v) is 9.39. The van der Waals surface area contributed by atoms with E-state index in [1.54, 1.807) is 46.8 Å². The third-order valence-electron chi connectivity index (χ3n) is 3.76. The predicted octanol–water partition coefficient (Wildman–Crippen LogP) is 3.45. The van der Waals surface area contributed by atoms with Crippen molar-refractivity contribution < 1.29 is 18.7 Å². The smallest absolute Gasteiger partial charge is 0.408 e. The maximum absolute atomic E-state index is 12.5. The van der Waals surface area contributed by atoms with Crippen molar-refractivity contribution in [1.29, 1.82) is 0 Å². The van der Waals surface area contributed by atoms with Crippen LogP contribution in [0.2, 0.25) is 5.02 Å². The number of halogens is 1. The number of carbonyl (C=O) groups excluding carboxylic acids is 2. The van der Waals surface area contributed by atoms with E-state index in [4.69, 9.17) is 20.8 Å². The van der Waals surface area contributed by atoms with Crippen LogP contribution in [0.3, 0.4) is 0 Å². The number of hydrazone groups is 1. The minimum Gasteiger partial charge on any atom is -0.463 e. The van der Waals surface area contributed by atoms with E-state index in [1.165, 1.54) is 18.5 Å². The summed E-state index contributed by atoms with van der Waals surface area (Å²) in [6, 6.07) is 3.84. The molecule has 0 aliphatic carbocycles. The van der Waals surface area contributed by atoms with Gasteiger partial charge in [0, 0.05) is 5.02 Å². The van der Waals surface area contributed by atoms with Crippen LogP contribution in [-0.4, -0.2) is 29.9 Å².